The number of rotatable bonds is 4. The number of carbonyl (C=O) groups excluding carboxylic acids is 2. The van der Waals surface area contributed by atoms with E-state index in [1.807, 2.05) is 46.4 Å². The van der Waals surface area contributed by atoms with Gasteiger partial charge in [0, 0.05) is 0 Å². The van der Waals surface area contributed by atoms with Crippen LogP contribution in [-0.2, 0) is 19.1 Å². The van der Waals surface area contributed by atoms with Crippen LogP contribution in [-0.4, -0.2) is 47.2 Å². The van der Waals surface area contributed by atoms with Crippen LogP contribution in [0.15, 0.2) is 0 Å². The van der Waals surface area contributed by atoms with Crippen LogP contribution in [0.4, 0.5) is 0 Å². The monoisotopic (exact) mass is 299 g/mol. The van der Waals surface area contributed by atoms with Gasteiger partial charge in [-0.1, -0.05) is 0 Å². The van der Waals surface area contributed by atoms with Crippen molar-refractivity contribution in [2.45, 2.75) is 78.0 Å². The van der Waals surface area contributed by atoms with E-state index in [0.717, 1.165) is 25.9 Å². The number of nitrogens with zero attached hydrogens (tertiary/aromatic N) is 1. The molecule has 0 aromatic carbocycles. The van der Waals surface area contributed by atoms with Crippen molar-refractivity contribution in [3.05, 3.63) is 0 Å². The maximum Gasteiger partial charge on any atom is 0.324 e. The summed E-state index contributed by atoms with van der Waals surface area (Å²) in [5.41, 5.74) is -1.09. The second-order valence-electron chi connectivity index (χ2n) is 7.58. The largest absolute Gasteiger partial charge is 0.460 e. The van der Waals surface area contributed by atoms with Gasteiger partial charge in [0.05, 0.1) is 6.42 Å². The standard InChI is InChI=1S/C16H29NO4/c1-15(2,3)20-13(18)11-12(17-9-7-8-10-17)14(19)21-16(4,5)6/h12H,7-11H2,1-6H3. The van der Waals surface area contributed by atoms with Gasteiger partial charge in [-0.15, -0.1) is 0 Å². The Morgan fingerprint density at radius 2 is 1.43 bits per heavy atom. The summed E-state index contributed by atoms with van der Waals surface area (Å²) in [4.78, 5) is 26.4. The number of likely N-dealkylation sites (tertiary alicyclic amines) is 1. The number of carbonyl (C=O) groups is 2. The highest BCUT2D eigenvalue weighted by Crippen LogP contribution is 2.20. The topological polar surface area (TPSA) is 55.8 Å². The quantitative estimate of drug-likeness (QED) is 0.747. The van der Waals surface area contributed by atoms with E-state index in [4.69, 9.17) is 9.47 Å². The van der Waals surface area contributed by atoms with Crippen LogP contribution < -0.4 is 0 Å². The Bertz CT molecular complexity index is 373. The molecule has 0 amide bonds. The van der Waals surface area contributed by atoms with Crippen molar-refractivity contribution >= 4 is 11.9 Å². The Kier molecular flexibility index (Phi) is 5.79. The van der Waals surface area contributed by atoms with Crippen LogP contribution in [0.2, 0.25) is 0 Å². The zero-order chi connectivity index (χ0) is 16.3. The SMILES string of the molecule is CC(C)(C)OC(=O)CC(C(=O)OC(C)(C)C)N1CCCC1. The van der Waals surface area contributed by atoms with E-state index < -0.39 is 17.2 Å². The first kappa shape index (κ1) is 18.0. The summed E-state index contributed by atoms with van der Waals surface area (Å²) in [6.45, 7) is 12.6. The average molecular weight is 299 g/mol. The summed E-state index contributed by atoms with van der Waals surface area (Å²) in [5, 5.41) is 0. The smallest absolute Gasteiger partial charge is 0.324 e. The van der Waals surface area contributed by atoms with Gasteiger partial charge in [-0.3, -0.25) is 14.5 Å². The Balaban J connectivity index is 2.73. The first-order valence-corrected chi connectivity index (χ1v) is 7.67. The predicted octanol–water partition coefficient (Wildman–Crippen LogP) is 2.52. The van der Waals surface area contributed by atoms with E-state index in [0.29, 0.717) is 0 Å². The van der Waals surface area contributed by atoms with E-state index >= 15 is 0 Å². The zero-order valence-electron chi connectivity index (χ0n) is 14.2. The van der Waals surface area contributed by atoms with E-state index in [1.54, 1.807) is 0 Å². The number of hydrogen-bond donors (Lipinski definition) is 0. The highest BCUT2D eigenvalue weighted by atomic mass is 16.6. The zero-order valence-corrected chi connectivity index (χ0v) is 14.2. The molecule has 1 heterocycles. The van der Waals surface area contributed by atoms with E-state index in [-0.39, 0.29) is 18.4 Å². The molecule has 5 nitrogen and oxygen atoms in total. The number of ether oxygens (including phenoxy) is 2. The second-order valence-corrected chi connectivity index (χ2v) is 7.58. The van der Waals surface area contributed by atoms with Gasteiger partial charge < -0.3 is 9.47 Å². The van der Waals surface area contributed by atoms with Gasteiger partial charge in [-0.05, 0) is 67.5 Å². The molecule has 0 aliphatic carbocycles. The summed E-state index contributed by atoms with van der Waals surface area (Å²) in [6.07, 6.45) is 2.15. The average Bonchev–Trinajstić information content (AvgIpc) is 2.73. The Hall–Kier alpha value is -1.10. The third-order valence-electron chi connectivity index (χ3n) is 3.04. The lowest BCUT2D eigenvalue weighted by Crippen LogP contribution is -2.45. The third-order valence-corrected chi connectivity index (χ3v) is 3.04. The molecule has 1 atom stereocenters. The Morgan fingerprint density at radius 1 is 0.952 bits per heavy atom. The fourth-order valence-electron chi connectivity index (χ4n) is 2.33. The molecule has 1 aliphatic heterocycles. The Morgan fingerprint density at radius 3 is 1.86 bits per heavy atom. The van der Waals surface area contributed by atoms with Crippen LogP contribution in [0.25, 0.3) is 0 Å². The van der Waals surface area contributed by atoms with Crippen molar-refractivity contribution in [2.75, 3.05) is 13.1 Å². The molecule has 0 aromatic heterocycles. The van der Waals surface area contributed by atoms with Crippen LogP contribution in [0.5, 0.6) is 0 Å². The minimum atomic E-state index is -0.553. The fourth-order valence-corrected chi connectivity index (χ4v) is 2.33. The van der Waals surface area contributed by atoms with Crippen LogP contribution in [0.3, 0.4) is 0 Å². The second kappa shape index (κ2) is 6.77. The molecule has 21 heavy (non-hydrogen) atoms. The van der Waals surface area contributed by atoms with E-state index in [9.17, 15) is 9.59 Å². The van der Waals surface area contributed by atoms with Gasteiger partial charge in [0.25, 0.3) is 0 Å². The van der Waals surface area contributed by atoms with Gasteiger partial charge in [-0.25, -0.2) is 0 Å². The summed E-state index contributed by atoms with van der Waals surface area (Å²) in [7, 11) is 0. The normalized spacial score (nSPS) is 18.4. The van der Waals surface area contributed by atoms with Crippen molar-refractivity contribution in [2.24, 2.45) is 0 Å². The molecule has 0 bridgehead atoms. The molecular weight excluding hydrogens is 270 g/mol. The molecule has 1 aliphatic rings. The molecular formula is C16H29NO4. The molecule has 0 aromatic rings. The molecule has 1 rings (SSSR count). The maximum absolute atomic E-state index is 12.4. The Labute approximate surface area is 128 Å². The highest BCUT2D eigenvalue weighted by molar-refractivity contribution is 5.83. The van der Waals surface area contributed by atoms with Gasteiger partial charge in [0.1, 0.15) is 17.2 Å². The van der Waals surface area contributed by atoms with Crippen molar-refractivity contribution in [3.63, 3.8) is 0 Å². The summed E-state index contributed by atoms with van der Waals surface area (Å²) in [6, 6.07) is -0.540. The van der Waals surface area contributed by atoms with Crippen molar-refractivity contribution in [3.8, 4) is 0 Å². The number of hydrogen-bond acceptors (Lipinski definition) is 5. The lowest BCUT2D eigenvalue weighted by atomic mass is 10.1. The van der Waals surface area contributed by atoms with Crippen molar-refractivity contribution in [1.82, 2.24) is 4.90 Å². The van der Waals surface area contributed by atoms with Crippen molar-refractivity contribution < 1.29 is 19.1 Å². The molecule has 0 radical (unpaired) electrons. The molecule has 0 saturated carbocycles. The van der Waals surface area contributed by atoms with Crippen LogP contribution >= 0.6 is 0 Å². The third kappa shape index (κ3) is 6.93. The van der Waals surface area contributed by atoms with Crippen LogP contribution in [0.1, 0.15) is 60.8 Å². The minimum absolute atomic E-state index is 0.0478. The van der Waals surface area contributed by atoms with Crippen LogP contribution in [0, 0.1) is 0 Å². The lowest BCUT2D eigenvalue weighted by Gasteiger charge is -2.30. The minimum Gasteiger partial charge on any atom is -0.460 e. The fraction of sp³-hybridized carbons (Fsp3) is 0.875. The maximum atomic E-state index is 12.4. The van der Waals surface area contributed by atoms with Gasteiger partial charge in [-0.2, -0.15) is 0 Å². The van der Waals surface area contributed by atoms with Gasteiger partial charge >= 0.3 is 11.9 Å². The predicted molar refractivity (Wildman–Crippen MR) is 80.9 cm³/mol. The van der Waals surface area contributed by atoms with E-state index in [2.05, 4.69) is 0 Å². The summed E-state index contributed by atoms with van der Waals surface area (Å²) in [5.74, 6) is -0.694. The molecule has 0 N–H and O–H groups in total. The molecule has 0 spiro atoms. The highest BCUT2D eigenvalue weighted by Gasteiger charge is 2.34. The number of esters is 2. The molecule has 1 saturated heterocycles. The first-order chi connectivity index (χ1) is 9.48. The molecule has 1 fully saturated rings. The van der Waals surface area contributed by atoms with Crippen molar-refractivity contribution in [1.29, 1.82) is 0 Å². The summed E-state index contributed by atoms with van der Waals surface area (Å²) < 4.78 is 10.8. The molecule has 5 heteroatoms. The van der Waals surface area contributed by atoms with Gasteiger partial charge in [0.15, 0.2) is 0 Å². The summed E-state index contributed by atoms with van der Waals surface area (Å²) >= 11 is 0. The lowest BCUT2D eigenvalue weighted by molar-refractivity contribution is -0.168. The molecule has 122 valence electrons. The van der Waals surface area contributed by atoms with Gasteiger partial charge in [0.2, 0.25) is 0 Å². The first-order valence-electron chi connectivity index (χ1n) is 7.67. The van der Waals surface area contributed by atoms with E-state index in [1.165, 1.54) is 0 Å². The molecule has 1 unspecified atom stereocenters.